The SMILES string of the molecule is N#CC1(CNc2cccc(F)c2)COC1. The number of rotatable bonds is 3. The quantitative estimate of drug-likeness (QED) is 0.819. The Bertz CT molecular complexity index is 396. The number of hydrogen-bond donors (Lipinski definition) is 1. The van der Waals surface area contributed by atoms with Gasteiger partial charge in [-0.15, -0.1) is 0 Å². The molecule has 0 unspecified atom stereocenters. The third-order valence-electron chi connectivity index (χ3n) is 2.45. The van der Waals surface area contributed by atoms with Crippen molar-refractivity contribution in [3.63, 3.8) is 0 Å². The van der Waals surface area contributed by atoms with Crippen LogP contribution in [0.5, 0.6) is 0 Å². The van der Waals surface area contributed by atoms with Gasteiger partial charge in [-0.05, 0) is 18.2 Å². The fraction of sp³-hybridized carbons (Fsp3) is 0.364. The molecular formula is C11H11FN2O. The molecule has 1 fully saturated rings. The number of halogens is 1. The molecule has 0 atom stereocenters. The molecule has 0 aliphatic carbocycles. The zero-order chi connectivity index (χ0) is 10.7. The van der Waals surface area contributed by atoms with Crippen LogP contribution in [0.25, 0.3) is 0 Å². The third-order valence-corrected chi connectivity index (χ3v) is 2.45. The fourth-order valence-electron chi connectivity index (χ4n) is 1.42. The Morgan fingerprint density at radius 1 is 1.53 bits per heavy atom. The van der Waals surface area contributed by atoms with Gasteiger partial charge in [-0.1, -0.05) is 6.07 Å². The Kier molecular flexibility index (Phi) is 2.57. The van der Waals surface area contributed by atoms with Gasteiger partial charge in [0.05, 0.1) is 19.3 Å². The Balaban J connectivity index is 1.96. The molecule has 1 saturated heterocycles. The molecule has 0 spiro atoms. The summed E-state index contributed by atoms with van der Waals surface area (Å²) in [7, 11) is 0. The Labute approximate surface area is 87.5 Å². The number of nitriles is 1. The molecule has 1 aliphatic heterocycles. The second-order valence-electron chi connectivity index (χ2n) is 3.75. The van der Waals surface area contributed by atoms with E-state index in [4.69, 9.17) is 10.00 Å². The summed E-state index contributed by atoms with van der Waals surface area (Å²) in [5, 5.41) is 12.0. The smallest absolute Gasteiger partial charge is 0.125 e. The van der Waals surface area contributed by atoms with Crippen molar-refractivity contribution < 1.29 is 9.13 Å². The molecule has 0 saturated carbocycles. The van der Waals surface area contributed by atoms with Crippen LogP contribution in [0.15, 0.2) is 24.3 Å². The molecule has 78 valence electrons. The molecule has 0 amide bonds. The molecule has 0 bridgehead atoms. The van der Waals surface area contributed by atoms with E-state index in [9.17, 15) is 4.39 Å². The molecule has 1 aliphatic rings. The first kappa shape index (κ1) is 9.94. The Morgan fingerprint density at radius 2 is 2.33 bits per heavy atom. The van der Waals surface area contributed by atoms with E-state index in [-0.39, 0.29) is 5.82 Å². The second-order valence-corrected chi connectivity index (χ2v) is 3.75. The maximum atomic E-state index is 12.8. The highest BCUT2D eigenvalue weighted by Crippen LogP contribution is 2.26. The normalized spacial score (nSPS) is 17.6. The topological polar surface area (TPSA) is 45.0 Å². The van der Waals surface area contributed by atoms with E-state index in [1.54, 1.807) is 12.1 Å². The van der Waals surface area contributed by atoms with E-state index < -0.39 is 5.41 Å². The molecule has 15 heavy (non-hydrogen) atoms. The lowest BCUT2D eigenvalue weighted by molar-refractivity contribution is -0.0690. The number of anilines is 1. The summed E-state index contributed by atoms with van der Waals surface area (Å²) in [6.07, 6.45) is 0. The number of nitrogens with zero attached hydrogens (tertiary/aromatic N) is 1. The maximum absolute atomic E-state index is 12.8. The highest BCUT2D eigenvalue weighted by Gasteiger charge is 2.38. The minimum atomic E-state index is -0.438. The lowest BCUT2D eigenvalue weighted by Crippen LogP contribution is -2.46. The van der Waals surface area contributed by atoms with Gasteiger partial charge in [0.25, 0.3) is 0 Å². The van der Waals surface area contributed by atoms with Gasteiger partial charge in [-0.3, -0.25) is 0 Å². The van der Waals surface area contributed by atoms with Gasteiger partial charge in [0, 0.05) is 12.2 Å². The van der Waals surface area contributed by atoms with Crippen molar-refractivity contribution >= 4 is 5.69 Å². The first-order chi connectivity index (χ1) is 7.24. The van der Waals surface area contributed by atoms with Crippen molar-refractivity contribution in [1.29, 1.82) is 5.26 Å². The first-order valence-electron chi connectivity index (χ1n) is 4.73. The monoisotopic (exact) mass is 206 g/mol. The zero-order valence-electron chi connectivity index (χ0n) is 8.16. The predicted octanol–water partition coefficient (Wildman–Crippen LogP) is 1.78. The van der Waals surface area contributed by atoms with Crippen LogP contribution in [0.2, 0.25) is 0 Å². The minimum absolute atomic E-state index is 0.282. The average Bonchev–Trinajstić information content (AvgIpc) is 2.17. The van der Waals surface area contributed by atoms with Crippen LogP contribution in [0, 0.1) is 22.6 Å². The molecule has 0 aromatic heterocycles. The van der Waals surface area contributed by atoms with E-state index >= 15 is 0 Å². The van der Waals surface area contributed by atoms with Gasteiger partial charge < -0.3 is 10.1 Å². The van der Waals surface area contributed by atoms with Gasteiger partial charge in [0.15, 0.2) is 0 Å². The average molecular weight is 206 g/mol. The summed E-state index contributed by atoms with van der Waals surface area (Å²) in [5.41, 5.74) is 0.253. The molecule has 3 nitrogen and oxygen atoms in total. The standard InChI is InChI=1S/C11H11FN2O/c12-9-2-1-3-10(4-9)14-6-11(5-13)7-15-8-11/h1-4,14H,6-8H2. The molecule has 2 rings (SSSR count). The van der Waals surface area contributed by atoms with Crippen molar-refractivity contribution in [3.8, 4) is 6.07 Å². The number of nitrogens with one attached hydrogen (secondary N) is 1. The second kappa shape index (κ2) is 3.87. The van der Waals surface area contributed by atoms with Crippen LogP contribution in [-0.2, 0) is 4.74 Å². The molecule has 1 N–H and O–H groups in total. The van der Waals surface area contributed by atoms with Crippen LogP contribution in [0.4, 0.5) is 10.1 Å². The minimum Gasteiger partial charge on any atom is -0.383 e. The number of benzene rings is 1. The van der Waals surface area contributed by atoms with Crippen molar-refractivity contribution in [1.82, 2.24) is 0 Å². The van der Waals surface area contributed by atoms with Gasteiger partial charge >= 0.3 is 0 Å². The van der Waals surface area contributed by atoms with Crippen LogP contribution in [0.3, 0.4) is 0 Å². The van der Waals surface area contributed by atoms with E-state index in [0.29, 0.717) is 25.4 Å². The summed E-state index contributed by atoms with van der Waals surface area (Å²) in [4.78, 5) is 0. The van der Waals surface area contributed by atoms with Crippen LogP contribution >= 0.6 is 0 Å². The van der Waals surface area contributed by atoms with Crippen molar-refractivity contribution in [2.45, 2.75) is 0 Å². The van der Waals surface area contributed by atoms with Crippen LogP contribution in [-0.4, -0.2) is 19.8 Å². The zero-order valence-corrected chi connectivity index (χ0v) is 8.16. The highest BCUT2D eigenvalue weighted by atomic mass is 19.1. The summed E-state index contributed by atoms with van der Waals surface area (Å²) in [5.74, 6) is -0.282. The maximum Gasteiger partial charge on any atom is 0.125 e. The Morgan fingerprint density at radius 3 is 2.87 bits per heavy atom. The van der Waals surface area contributed by atoms with E-state index in [1.807, 2.05) is 0 Å². The van der Waals surface area contributed by atoms with Crippen molar-refractivity contribution in [2.75, 3.05) is 25.1 Å². The molecular weight excluding hydrogens is 195 g/mol. The molecule has 1 aromatic rings. The van der Waals surface area contributed by atoms with Gasteiger partial charge in [-0.25, -0.2) is 4.39 Å². The number of hydrogen-bond acceptors (Lipinski definition) is 3. The largest absolute Gasteiger partial charge is 0.383 e. The lowest BCUT2D eigenvalue weighted by atomic mass is 9.88. The fourth-order valence-corrected chi connectivity index (χ4v) is 1.42. The first-order valence-corrected chi connectivity index (χ1v) is 4.73. The van der Waals surface area contributed by atoms with Gasteiger partial charge in [-0.2, -0.15) is 5.26 Å². The number of ether oxygens (including phenoxy) is 1. The summed E-state index contributed by atoms with van der Waals surface area (Å²) in [6, 6.07) is 8.42. The summed E-state index contributed by atoms with van der Waals surface area (Å²) < 4.78 is 17.8. The van der Waals surface area contributed by atoms with Gasteiger partial charge in [0.1, 0.15) is 11.2 Å². The molecule has 4 heteroatoms. The molecule has 1 aromatic carbocycles. The highest BCUT2D eigenvalue weighted by molar-refractivity contribution is 5.43. The molecule has 0 radical (unpaired) electrons. The third kappa shape index (κ3) is 2.08. The summed E-state index contributed by atoms with van der Waals surface area (Å²) >= 11 is 0. The molecule has 1 heterocycles. The summed E-state index contributed by atoms with van der Waals surface area (Å²) in [6.45, 7) is 1.39. The van der Waals surface area contributed by atoms with Crippen molar-refractivity contribution in [2.24, 2.45) is 5.41 Å². The van der Waals surface area contributed by atoms with E-state index in [1.165, 1.54) is 12.1 Å². The lowest BCUT2D eigenvalue weighted by Gasteiger charge is -2.35. The van der Waals surface area contributed by atoms with E-state index in [2.05, 4.69) is 11.4 Å². The predicted molar refractivity (Wildman–Crippen MR) is 53.8 cm³/mol. The van der Waals surface area contributed by atoms with E-state index in [0.717, 1.165) is 0 Å². The van der Waals surface area contributed by atoms with Crippen LogP contribution in [0.1, 0.15) is 0 Å². The van der Waals surface area contributed by atoms with Gasteiger partial charge in [0.2, 0.25) is 0 Å². The van der Waals surface area contributed by atoms with Crippen molar-refractivity contribution in [3.05, 3.63) is 30.1 Å². The van der Waals surface area contributed by atoms with Crippen LogP contribution < -0.4 is 5.32 Å². The Hall–Kier alpha value is -1.60.